The molecule has 0 saturated carbocycles. The van der Waals surface area contributed by atoms with Crippen LogP contribution in [-0.4, -0.2) is 35.0 Å². The first-order chi connectivity index (χ1) is 8.15. The third-order valence-corrected chi connectivity index (χ3v) is 2.85. The second-order valence-electron chi connectivity index (χ2n) is 3.87. The molecule has 0 bridgehead atoms. The fourth-order valence-corrected chi connectivity index (χ4v) is 1.90. The van der Waals surface area contributed by atoms with Gasteiger partial charge in [0.25, 0.3) is 0 Å². The molecule has 0 radical (unpaired) electrons. The van der Waals surface area contributed by atoms with Crippen molar-refractivity contribution in [3.8, 4) is 11.5 Å². The summed E-state index contributed by atoms with van der Waals surface area (Å²) in [7, 11) is 0. The van der Waals surface area contributed by atoms with Crippen LogP contribution in [0.3, 0.4) is 0 Å². The summed E-state index contributed by atoms with van der Waals surface area (Å²) in [5.74, 6) is -0.0389. The first-order valence-electron chi connectivity index (χ1n) is 5.40. The zero-order chi connectivity index (χ0) is 12.4. The predicted octanol–water partition coefficient (Wildman–Crippen LogP) is 0.701. The van der Waals surface area contributed by atoms with Gasteiger partial charge in [0.15, 0.2) is 0 Å². The third-order valence-electron chi connectivity index (χ3n) is 2.85. The number of aromatic hydroxyl groups is 1. The van der Waals surface area contributed by atoms with Crippen LogP contribution in [0, 0.1) is 0 Å². The number of phenols is 1. The molecule has 1 N–H and O–H groups in total. The van der Waals surface area contributed by atoms with E-state index in [2.05, 4.69) is 0 Å². The summed E-state index contributed by atoms with van der Waals surface area (Å²) in [5.41, 5.74) is 0.813. The van der Waals surface area contributed by atoms with Crippen molar-refractivity contribution in [1.29, 1.82) is 0 Å². The molecule has 5 nitrogen and oxygen atoms in total. The first kappa shape index (κ1) is 11.4. The van der Waals surface area contributed by atoms with Gasteiger partial charge in [0.2, 0.25) is 6.41 Å². The topological polar surface area (TPSA) is 66.8 Å². The maximum Gasteiger partial charge on any atom is 0.334 e. The van der Waals surface area contributed by atoms with E-state index in [1.807, 2.05) is 0 Å². The minimum Gasteiger partial charge on any atom is -0.508 e. The van der Waals surface area contributed by atoms with Crippen LogP contribution in [0.15, 0.2) is 18.2 Å². The van der Waals surface area contributed by atoms with Crippen LogP contribution in [0.1, 0.15) is 12.5 Å². The number of phenolic OH excluding ortho intramolecular Hbond substituents is 1. The number of nitrogens with zero attached hydrogens (tertiary/aromatic N) is 1. The van der Waals surface area contributed by atoms with Gasteiger partial charge in [-0.15, -0.1) is 0 Å². The molecule has 1 aliphatic rings. The van der Waals surface area contributed by atoms with Crippen LogP contribution < -0.4 is 4.74 Å². The van der Waals surface area contributed by atoms with Crippen LogP contribution in [0.2, 0.25) is 0 Å². The second kappa shape index (κ2) is 4.45. The Bertz CT molecular complexity index is 458. The number of benzene rings is 1. The summed E-state index contributed by atoms with van der Waals surface area (Å²) < 4.78 is 5.11. The average Bonchev–Trinajstić information content (AvgIpc) is 2.31. The SMILES string of the molecule is CCN(C=O)C1Cc2ccc(O)cc2OC1=O. The quantitative estimate of drug-likeness (QED) is 0.476. The van der Waals surface area contributed by atoms with E-state index in [1.165, 1.54) is 17.0 Å². The minimum absolute atomic E-state index is 0.0535. The number of likely N-dealkylation sites (N-methyl/N-ethyl adjacent to an activating group) is 1. The number of hydrogen-bond donors (Lipinski definition) is 1. The highest BCUT2D eigenvalue weighted by molar-refractivity contribution is 5.83. The maximum absolute atomic E-state index is 11.7. The van der Waals surface area contributed by atoms with Crippen LogP contribution >= 0.6 is 0 Å². The molecule has 1 atom stereocenters. The van der Waals surface area contributed by atoms with Crippen LogP contribution in [0.5, 0.6) is 11.5 Å². The zero-order valence-electron chi connectivity index (χ0n) is 9.42. The van der Waals surface area contributed by atoms with Crippen molar-refractivity contribution in [2.45, 2.75) is 19.4 Å². The summed E-state index contributed by atoms with van der Waals surface area (Å²) in [5, 5.41) is 9.28. The van der Waals surface area contributed by atoms with Gasteiger partial charge in [-0.25, -0.2) is 4.79 Å². The van der Waals surface area contributed by atoms with Gasteiger partial charge in [0, 0.05) is 19.0 Å². The molecule has 1 aromatic carbocycles. The number of fused-ring (bicyclic) bond motifs is 1. The fourth-order valence-electron chi connectivity index (χ4n) is 1.90. The minimum atomic E-state index is -0.574. The van der Waals surface area contributed by atoms with E-state index in [-0.39, 0.29) is 5.75 Å². The van der Waals surface area contributed by atoms with Crippen molar-refractivity contribution in [1.82, 2.24) is 4.90 Å². The van der Waals surface area contributed by atoms with Gasteiger partial charge < -0.3 is 14.7 Å². The molecule has 1 amide bonds. The number of amides is 1. The van der Waals surface area contributed by atoms with Gasteiger partial charge in [0.1, 0.15) is 17.5 Å². The molecule has 0 fully saturated rings. The third kappa shape index (κ3) is 2.08. The molecule has 0 saturated heterocycles. The lowest BCUT2D eigenvalue weighted by atomic mass is 10.0. The van der Waals surface area contributed by atoms with Gasteiger partial charge in [-0.05, 0) is 18.6 Å². The highest BCUT2D eigenvalue weighted by atomic mass is 16.5. The average molecular weight is 235 g/mol. The molecule has 1 aromatic rings. The predicted molar refractivity (Wildman–Crippen MR) is 59.7 cm³/mol. The van der Waals surface area contributed by atoms with Crippen LogP contribution in [-0.2, 0) is 16.0 Å². The Labute approximate surface area is 98.6 Å². The lowest BCUT2D eigenvalue weighted by molar-refractivity contribution is -0.145. The van der Waals surface area contributed by atoms with Crippen molar-refractivity contribution in [3.63, 3.8) is 0 Å². The smallest absolute Gasteiger partial charge is 0.334 e. The molecular weight excluding hydrogens is 222 g/mol. The zero-order valence-corrected chi connectivity index (χ0v) is 9.42. The lowest BCUT2D eigenvalue weighted by Crippen LogP contribution is -2.46. The summed E-state index contributed by atoms with van der Waals surface area (Å²) in [6.45, 7) is 2.25. The summed E-state index contributed by atoms with van der Waals surface area (Å²) >= 11 is 0. The molecule has 1 aliphatic heterocycles. The largest absolute Gasteiger partial charge is 0.508 e. The molecule has 0 aliphatic carbocycles. The molecule has 2 rings (SSSR count). The van der Waals surface area contributed by atoms with Gasteiger partial charge >= 0.3 is 5.97 Å². The Morgan fingerprint density at radius 1 is 1.59 bits per heavy atom. The Morgan fingerprint density at radius 2 is 2.35 bits per heavy atom. The molecule has 17 heavy (non-hydrogen) atoms. The van der Waals surface area contributed by atoms with Crippen molar-refractivity contribution in [2.75, 3.05) is 6.54 Å². The molecule has 1 unspecified atom stereocenters. The summed E-state index contributed by atoms with van der Waals surface area (Å²) in [6.07, 6.45) is 1.07. The van der Waals surface area contributed by atoms with Gasteiger partial charge in [-0.3, -0.25) is 4.79 Å². The van der Waals surface area contributed by atoms with Crippen molar-refractivity contribution >= 4 is 12.4 Å². The van der Waals surface area contributed by atoms with Crippen LogP contribution in [0.4, 0.5) is 0 Å². The Balaban J connectivity index is 2.29. The number of carbonyl (C=O) groups excluding carboxylic acids is 2. The van der Waals surface area contributed by atoms with Crippen LogP contribution in [0.25, 0.3) is 0 Å². The monoisotopic (exact) mass is 235 g/mol. The molecule has 90 valence electrons. The Morgan fingerprint density at radius 3 is 3.00 bits per heavy atom. The molecule has 1 heterocycles. The number of esters is 1. The van der Waals surface area contributed by atoms with Gasteiger partial charge in [0.05, 0.1) is 0 Å². The molecule has 0 aromatic heterocycles. The number of ether oxygens (including phenoxy) is 1. The van der Waals surface area contributed by atoms with Gasteiger partial charge in [-0.1, -0.05) is 6.07 Å². The molecule has 0 spiro atoms. The van der Waals surface area contributed by atoms with E-state index in [0.29, 0.717) is 25.1 Å². The van der Waals surface area contributed by atoms with E-state index >= 15 is 0 Å². The van der Waals surface area contributed by atoms with E-state index in [4.69, 9.17) is 4.74 Å². The number of hydrogen-bond acceptors (Lipinski definition) is 4. The van der Waals surface area contributed by atoms with Crippen molar-refractivity contribution < 1.29 is 19.4 Å². The first-order valence-corrected chi connectivity index (χ1v) is 5.40. The lowest BCUT2D eigenvalue weighted by Gasteiger charge is -2.29. The maximum atomic E-state index is 11.7. The normalized spacial score (nSPS) is 18.2. The van der Waals surface area contributed by atoms with E-state index in [1.54, 1.807) is 13.0 Å². The van der Waals surface area contributed by atoms with E-state index < -0.39 is 12.0 Å². The van der Waals surface area contributed by atoms with Crippen molar-refractivity contribution in [3.05, 3.63) is 23.8 Å². The molecule has 5 heteroatoms. The van der Waals surface area contributed by atoms with E-state index in [9.17, 15) is 14.7 Å². The number of rotatable bonds is 3. The fraction of sp³-hybridized carbons (Fsp3) is 0.333. The summed E-state index contributed by atoms with van der Waals surface area (Å²) in [4.78, 5) is 23.9. The number of carbonyl (C=O) groups is 2. The second-order valence-corrected chi connectivity index (χ2v) is 3.87. The van der Waals surface area contributed by atoms with Crippen molar-refractivity contribution in [2.24, 2.45) is 0 Å². The van der Waals surface area contributed by atoms with Gasteiger partial charge in [-0.2, -0.15) is 0 Å². The highest BCUT2D eigenvalue weighted by Crippen LogP contribution is 2.30. The standard InChI is InChI=1S/C12H13NO4/c1-2-13(7-14)10-5-8-3-4-9(15)6-11(8)17-12(10)16/h3-4,6-7,10,15H,2,5H2,1H3. The summed E-state index contributed by atoms with van der Waals surface area (Å²) in [6, 6.07) is 4.06. The molecular formula is C12H13NO4. The van der Waals surface area contributed by atoms with E-state index in [0.717, 1.165) is 5.56 Å². The Hall–Kier alpha value is -2.04. The Kier molecular flexibility index (Phi) is 2.99. The highest BCUT2D eigenvalue weighted by Gasteiger charge is 2.32.